The van der Waals surface area contributed by atoms with Gasteiger partial charge in [0.25, 0.3) is 0 Å². The van der Waals surface area contributed by atoms with Crippen LogP contribution in [0.1, 0.15) is 29.8 Å². The fraction of sp³-hybridized carbons (Fsp3) is 0.545. The number of ether oxygens (including phenoxy) is 1. The minimum atomic E-state index is -0.177. The van der Waals surface area contributed by atoms with Gasteiger partial charge in [0.2, 0.25) is 0 Å². The Morgan fingerprint density at radius 1 is 1.50 bits per heavy atom. The van der Waals surface area contributed by atoms with Gasteiger partial charge in [-0.15, -0.1) is 0 Å². The number of rotatable bonds is 2. The van der Waals surface area contributed by atoms with Gasteiger partial charge >= 0.3 is 5.97 Å². The number of carbonyl (C=O) groups is 1. The molecule has 0 fully saturated rings. The molecule has 0 spiro atoms. The number of fused-ring (bicyclic) bond motifs is 1. The van der Waals surface area contributed by atoms with E-state index in [9.17, 15) is 4.79 Å². The van der Waals surface area contributed by atoms with Crippen molar-refractivity contribution in [3.05, 3.63) is 23.0 Å². The Kier molecular flexibility index (Phi) is 2.57. The number of methoxy groups -OCH3 is 1. The number of nitrogens with one attached hydrogen (secondary N) is 1. The SMILES string of the molecule is COC(=O)Cc1cc2c([nH]1)CCCC2. The first-order valence-corrected chi connectivity index (χ1v) is 5.06. The number of hydrogen-bond acceptors (Lipinski definition) is 2. The van der Waals surface area contributed by atoms with E-state index in [-0.39, 0.29) is 5.97 Å². The maximum Gasteiger partial charge on any atom is 0.311 e. The van der Waals surface area contributed by atoms with Crippen LogP contribution in [0, 0.1) is 0 Å². The average molecular weight is 193 g/mol. The molecule has 2 rings (SSSR count). The van der Waals surface area contributed by atoms with E-state index in [0.29, 0.717) is 6.42 Å². The highest BCUT2D eigenvalue weighted by Crippen LogP contribution is 2.21. The summed E-state index contributed by atoms with van der Waals surface area (Å²) >= 11 is 0. The normalized spacial score (nSPS) is 14.9. The molecule has 0 unspecified atom stereocenters. The van der Waals surface area contributed by atoms with Crippen molar-refractivity contribution in [1.82, 2.24) is 4.98 Å². The third kappa shape index (κ3) is 1.81. The van der Waals surface area contributed by atoms with Crippen LogP contribution in [0.25, 0.3) is 0 Å². The lowest BCUT2D eigenvalue weighted by Gasteiger charge is -2.09. The lowest BCUT2D eigenvalue weighted by atomic mass is 9.98. The second-order valence-electron chi connectivity index (χ2n) is 3.76. The largest absolute Gasteiger partial charge is 0.469 e. The summed E-state index contributed by atoms with van der Waals surface area (Å²) in [5, 5.41) is 0. The summed E-state index contributed by atoms with van der Waals surface area (Å²) in [6.45, 7) is 0. The molecule has 76 valence electrons. The Balaban J connectivity index is 2.12. The van der Waals surface area contributed by atoms with Crippen LogP contribution < -0.4 is 0 Å². The third-order valence-electron chi connectivity index (χ3n) is 2.73. The molecule has 1 N–H and O–H groups in total. The van der Waals surface area contributed by atoms with Gasteiger partial charge in [-0.3, -0.25) is 4.79 Å². The van der Waals surface area contributed by atoms with Crippen LogP contribution in [0.2, 0.25) is 0 Å². The molecule has 1 heterocycles. The van der Waals surface area contributed by atoms with Crippen molar-refractivity contribution in [2.45, 2.75) is 32.1 Å². The summed E-state index contributed by atoms with van der Waals surface area (Å²) < 4.78 is 4.63. The smallest absolute Gasteiger partial charge is 0.311 e. The molecule has 0 aromatic carbocycles. The minimum Gasteiger partial charge on any atom is -0.469 e. The molecule has 0 amide bonds. The van der Waals surface area contributed by atoms with Gasteiger partial charge in [-0.05, 0) is 37.3 Å². The fourth-order valence-corrected chi connectivity index (χ4v) is 1.99. The molecule has 1 aliphatic carbocycles. The minimum absolute atomic E-state index is 0.177. The van der Waals surface area contributed by atoms with Gasteiger partial charge in [-0.25, -0.2) is 0 Å². The molecule has 1 aromatic heterocycles. The highest BCUT2D eigenvalue weighted by molar-refractivity contribution is 5.72. The number of H-pyrrole nitrogens is 1. The van der Waals surface area contributed by atoms with E-state index in [1.54, 1.807) is 0 Å². The maximum atomic E-state index is 11.1. The first-order chi connectivity index (χ1) is 6.79. The second-order valence-corrected chi connectivity index (χ2v) is 3.76. The lowest BCUT2D eigenvalue weighted by molar-refractivity contribution is -0.139. The van der Waals surface area contributed by atoms with E-state index in [1.807, 2.05) is 0 Å². The van der Waals surface area contributed by atoms with Crippen LogP contribution in [0.4, 0.5) is 0 Å². The Labute approximate surface area is 83.5 Å². The third-order valence-corrected chi connectivity index (χ3v) is 2.73. The van der Waals surface area contributed by atoms with Crippen LogP contribution in [0.3, 0.4) is 0 Å². The molecule has 3 nitrogen and oxygen atoms in total. The number of aryl methyl sites for hydroxylation is 2. The van der Waals surface area contributed by atoms with Gasteiger partial charge in [0, 0.05) is 11.4 Å². The van der Waals surface area contributed by atoms with Crippen molar-refractivity contribution in [3.8, 4) is 0 Å². The van der Waals surface area contributed by atoms with Crippen molar-refractivity contribution in [1.29, 1.82) is 0 Å². The summed E-state index contributed by atoms with van der Waals surface area (Å²) in [4.78, 5) is 14.3. The molecule has 3 heteroatoms. The van der Waals surface area contributed by atoms with Gasteiger partial charge in [-0.2, -0.15) is 0 Å². The van der Waals surface area contributed by atoms with Crippen LogP contribution in [0.15, 0.2) is 6.07 Å². The second kappa shape index (κ2) is 3.86. The van der Waals surface area contributed by atoms with E-state index in [4.69, 9.17) is 0 Å². The molecule has 0 radical (unpaired) electrons. The van der Waals surface area contributed by atoms with E-state index in [0.717, 1.165) is 18.5 Å². The standard InChI is InChI=1S/C11H15NO2/c1-14-11(13)7-9-6-8-4-2-3-5-10(8)12-9/h6,12H,2-5,7H2,1H3. The van der Waals surface area contributed by atoms with Gasteiger partial charge in [0.15, 0.2) is 0 Å². The highest BCUT2D eigenvalue weighted by Gasteiger charge is 2.13. The molecule has 0 saturated heterocycles. The molecule has 1 aliphatic rings. The van der Waals surface area contributed by atoms with Crippen molar-refractivity contribution in [3.63, 3.8) is 0 Å². The monoisotopic (exact) mass is 193 g/mol. The van der Waals surface area contributed by atoms with Crippen molar-refractivity contribution >= 4 is 5.97 Å². The molecular weight excluding hydrogens is 178 g/mol. The van der Waals surface area contributed by atoms with E-state index in [2.05, 4.69) is 15.8 Å². The zero-order valence-electron chi connectivity index (χ0n) is 8.43. The molecule has 14 heavy (non-hydrogen) atoms. The van der Waals surface area contributed by atoms with E-state index in [1.165, 1.54) is 31.2 Å². The Bertz CT molecular complexity index is 318. The first-order valence-electron chi connectivity index (χ1n) is 5.06. The zero-order chi connectivity index (χ0) is 9.97. The number of esters is 1. The molecule has 0 aliphatic heterocycles. The summed E-state index contributed by atoms with van der Waals surface area (Å²) in [5.41, 5.74) is 3.69. The summed E-state index contributed by atoms with van der Waals surface area (Å²) in [6.07, 6.45) is 5.15. The number of aromatic nitrogens is 1. The predicted molar refractivity (Wildman–Crippen MR) is 53.2 cm³/mol. The van der Waals surface area contributed by atoms with Crippen LogP contribution >= 0.6 is 0 Å². The molecular formula is C11H15NO2. The van der Waals surface area contributed by atoms with E-state index >= 15 is 0 Å². The summed E-state index contributed by atoms with van der Waals surface area (Å²) in [7, 11) is 1.42. The summed E-state index contributed by atoms with van der Waals surface area (Å²) in [6, 6.07) is 2.10. The quantitative estimate of drug-likeness (QED) is 0.725. The number of aromatic amines is 1. The highest BCUT2D eigenvalue weighted by atomic mass is 16.5. The predicted octanol–water partition coefficient (Wildman–Crippen LogP) is 1.61. The van der Waals surface area contributed by atoms with Gasteiger partial charge in [-0.1, -0.05) is 0 Å². The Hall–Kier alpha value is -1.25. The Morgan fingerprint density at radius 3 is 3.00 bits per heavy atom. The van der Waals surface area contributed by atoms with E-state index < -0.39 is 0 Å². The topological polar surface area (TPSA) is 42.1 Å². The van der Waals surface area contributed by atoms with Crippen LogP contribution in [-0.2, 0) is 28.8 Å². The van der Waals surface area contributed by atoms with Crippen molar-refractivity contribution in [2.24, 2.45) is 0 Å². The molecule has 0 bridgehead atoms. The molecule has 0 atom stereocenters. The fourth-order valence-electron chi connectivity index (χ4n) is 1.99. The summed E-state index contributed by atoms with van der Waals surface area (Å²) in [5.74, 6) is -0.177. The number of carbonyl (C=O) groups excluding carboxylic acids is 1. The van der Waals surface area contributed by atoms with Crippen LogP contribution in [0.5, 0.6) is 0 Å². The van der Waals surface area contributed by atoms with Crippen LogP contribution in [-0.4, -0.2) is 18.1 Å². The van der Waals surface area contributed by atoms with Gasteiger partial charge < -0.3 is 9.72 Å². The Morgan fingerprint density at radius 2 is 2.29 bits per heavy atom. The molecule has 1 aromatic rings. The molecule has 0 saturated carbocycles. The van der Waals surface area contributed by atoms with Crippen molar-refractivity contribution < 1.29 is 9.53 Å². The first kappa shape index (κ1) is 9.31. The van der Waals surface area contributed by atoms with Crippen molar-refractivity contribution in [2.75, 3.05) is 7.11 Å². The zero-order valence-corrected chi connectivity index (χ0v) is 8.43. The van der Waals surface area contributed by atoms with Gasteiger partial charge in [0.05, 0.1) is 13.5 Å². The van der Waals surface area contributed by atoms with Gasteiger partial charge in [0.1, 0.15) is 0 Å². The number of hydrogen-bond donors (Lipinski definition) is 1. The average Bonchev–Trinajstić information content (AvgIpc) is 2.59. The maximum absolute atomic E-state index is 11.1. The lowest BCUT2D eigenvalue weighted by Crippen LogP contribution is -2.04.